The maximum atomic E-state index is 11.9. The van der Waals surface area contributed by atoms with Crippen molar-refractivity contribution in [3.63, 3.8) is 0 Å². The third-order valence-corrected chi connectivity index (χ3v) is 2.74. The third-order valence-electron chi connectivity index (χ3n) is 2.74. The number of alkyl halides is 3. The molecule has 0 heterocycles. The molecule has 6 nitrogen and oxygen atoms in total. The van der Waals surface area contributed by atoms with Crippen molar-refractivity contribution >= 4 is 18.0 Å². The number of hydrogen-bond donors (Lipinski definition) is 1. The van der Waals surface area contributed by atoms with Gasteiger partial charge in [-0.2, -0.15) is 13.2 Å². The molecule has 0 aromatic heterocycles. The lowest BCUT2D eigenvalue weighted by atomic mass is 10.2. The molecular formula is C16H18F3NO5. The van der Waals surface area contributed by atoms with Gasteiger partial charge in [-0.1, -0.05) is 18.2 Å². The molecule has 0 unspecified atom stereocenters. The Morgan fingerprint density at radius 1 is 1.20 bits per heavy atom. The van der Waals surface area contributed by atoms with Gasteiger partial charge < -0.3 is 19.5 Å². The minimum Gasteiger partial charge on any atom is -0.493 e. The van der Waals surface area contributed by atoms with Gasteiger partial charge in [-0.05, 0) is 24.6 Å². The summed E-state index contributed by atoms with van der Waals surface area (Å²) in [7, 11) is 1.44. The Bertz CT molecular complexity index is 629. The van der Waals surface area contributed by atoms with Crippen LogP contribution in [0.25, 0.3) is 6.08 Å². The van der Waals surface area contributed by atoms with Crippen molar-refractivity contribution in [2.45, 2.75) is 13.1 Å². The molecule has 0 aliphatic rings. The van der Waals surface area contributed by atoms with Gasteiger partial charge in [-0.3, -0.25) is 4.79 Å². The first-order chi connectivity index (χ1) is 11.7. The molecule has 0 fully saturated rings. The second-order valence-corrected chi connectivity index (χ2v) is 4.75. The van der Waals surface area contributed by atoms with Crippen LogP contribution in [0.4, 0.5) is 13.2 Å². The Labute approximate surface area is 142 Å². The zero-order valence-corrected chi connectivity index (χ0v) is 13.7. The molecular weight excluding hydrogens is 343 g/mol. The van der Waals surface area contributed by atoms with Gasteiger partial charge in [-0.25, -0.2) is 4.79 Å². The van der Waals surface area contributed by atoms with E-state index in [1.165, 1.54) is 7.11 Å². The van der Waals surface area contributed by atoms with E-state index in [-0.39, 0.29) is 5.75 Å². The Kier molecular flexibility index (Phi) is 7.77. The Balaban J connectivity index is 2.45. The van der Waals surface area contributed by atoms with Gasteiger partial charge >= 0.3 is 12.1 Å². The predicted molar refractivity (Wildman–Crippen MR) is 83.2 cm³/mol. The number of esters is 1. The van der Waals surface area contributed by atoms with Crippen molar-refractivity contribution < 1.29 is 37.0 Å². The molecule has 0 atom stereocenters. The first-order valence-electron chi connectivity index (χ1n) is 7.17. The van der Waals surface area contributed by atoms with E-state index in [0.717, 1.165) is 5.56 Å². The van der Waals surface area contributed by atoms with Crippen LogP contribution >= 0.6 is 0 Å². The lowest BCUT2D eigenvalue weighted by molar-refractivity contribution is -0.152. The van der Waals surface area contributed by atoms with Crippen LogP contribution < -0.4 is 14.8 Å². The zero-order valence-electron chi connectivity index (χ0n) is 13.7. The summed E-state index contributed by atoms with van der Waals surface area (Å²) in [5.74, 6) is -1.28. The number of rotatable bonds is 8. The summed E-state index contributed by atoms with van der Waals surface area (Å²) >= 11 is 0. The maximum Gasteiger partial charge on any atom is 0.405 e. The van der Waals surface area contributed by atoms with E-state index in [1.54, 1.807) is 23.5 Å². The van der Waals surface area contributed by atoms with Crippen molar-refractivity contribution in [2.75, 3.05) is 26.9 Å². The Morgan fingerprint density at radius 2 is 1.92 bits per heavy atom. The normalized spacial score (nSPS) is 11.2. The van der Waals surface area contributed by atoms with Gasteiger partial charge in [0.1, 0.15) is 6.54 Å². The van der Waals surface area contributed by atoms with E-state index in [1.807, 2.05) is 19.1 Å². The van der Waals surface area contributed by atoms with Crippen molar-refractivity contribution in [2.24, 2.45) is 0 Å². The van der Waals surface area contributed by atoms with E-state index in [0.29, 0.717) is 5.75 Å². The second kappa shape index (κ2) is 9.55. The van der Waals surface area contributed by atoms with Crippen LogP contribution in [-0.4, -0.2) is 44.9 Å². The summed E-state index contributed by atoms with van der Waals surface area (Å²) in [5, 5.41) is 1.58. The number of carbonyl (C=O) groups is 2. The molecule has 0 saturated carbocycles. The number of amides is 1. The monoisotopic (exact) mass is 361 g/mol. The number of methoxy groups -OCH3 is 1. The van der Waals surface area contributed by atoms with Crippen LogP contribution in [0.5, 0.6) is 11.5 Å². The van der Waals surface area contributed by atoms with Gasteiger partial charge in [0, 0.05) is 0 Å². The molecule has 0 saturated heterocycles. The standard InChI is InChI=1S/C16H18F3NO5/c1-3-4-11-5-6-12(13(7-11)23-2)24-9-15(22)25-8-14(21)20-10-16(17,18)19/h3-7H,8-10H2,1-2H3,(H,20,21)/b4-3+. The molecule has 0 aliphatic carbocycles. The molecule has 138 valence electrons. The third kappa shape index (κ3) is 8.09. The van der Waals surface area contributed by atoms with Crippen molar-refractivity contribution in [3.05, 3.63) is 29.8 Å². The molecule has 0 spiro atoms. The summed E-state index contributed by atoms with van der Waals surface area (Å²) in [6, 6.07) is 5.04. The van der Waals surface area contributed by atoms with Gasteiger partial charge in [0.05, 0.1) is 7.11 Å². The molecule has 1 aromatic rings. The minimum atomic E-state index is -4.53. The fourth-order valence-corrected chi connectivity index (χ4v) is 1.67. The van der Waals surface area contributed by atoms with Crippen LogP contribution in [0.15, 0.2) is 24.3 Å². The lowest BCUT2D eigenvalue weighted by Gasteiger charge is -2.11. The van der Waals surface area contributed by atoms with Crippen molar-refractivity contribution in [1.82, 2.24) is 5.32 Å². The fraction of sp³-hybridized carbons (Fsp3) is 0.375. The number of halogens is 3. The Hall–Kier alpha value is -2.71. The van der Waals surface area contributed by atoms with Gasteiger partial charge in [0.15, 0.2) is 24.7 Å². The average molecular weight is 361 g/mol. The maximum absolute atomic E-state index is 11.9. The number of ether oxygens (including phenoxy) is 3. The first-order valence-corrected chi connectivity index (χ1v) is 7.17. The van der Waals surface area contributed by atoms with E-state index in [2.05, 4.69) is 4.74 Å². The number of nitrogens with one attached hydrogen (secondary N) is 1. The molecule has 1 amide bonds. The highest BCUT2D eigenvalue weighted by atomic mass is 19.4. The summed E-state index contributed by atoms with van der Waals surface area (Å²) in [4.78, 5) is 22.6. The fourth-order valence-electron chi connectivity index (χ4n) is 1.67. The second-order valence-electron chi connectivity index (χ2n) is 4.75. The summed E-state index contributed by atoms with van der Waals surface area (Å²) in [6.07, 6.45) is -0.838. The van der Waals surface area contributed by atoms with Crippen LogP contribution in [0.3, 0.4) is 0 Å². The zero-order chi connectivity index (χ0) is 18.9. The minimum absolute atomic E-state index is 0.286. The summed E-state index contributed by atoms with van der Waals surface area (Å²) < 4.78 is 50.6. The molecule has 9 heteroatoms. The molecule has 0 bridgehead atoms. The van der Waals surface area contributed by atoms with E-state index >= 15 is 0 Å². The average Bonchev–Trinajstić information content (AvgIpc) is 2.56. The number of allylic oxidation sites excluding steroid dienone is 1. The van der Waals surface area contributed by atoms with Crippen LogP contribution in [0, 0.1) is 0 Å². The highest BCUT2D eigenvalue weighted by Gasteiger charge is 2.27. The van der Waals surface area contributed by atoms with Crippen LogP contribution in [0.1, 0.15) is 12.5 Å². The number of carbonyl (C=O) groups excluding carboxylic acids is 2. The van der Waals surface area contributed by atoms with E-state index in [4.69, 9.17) is 9.47 Å². The highest BCUT2D eigenvalue weighted by Crippen LogP contribution is 2.28. The largest absolute Gasteiger partial charge is 0.493 e. The van der Waals surface area contributed by atoms with Gasteiger partial charge in [-0.15, -0.1) is 0 Å². The van der Waals surface area contributed by atoms with E-state index < -0.39 is 37.8 Å². The topological polar surface area (TPSA) is 73.9 Å². The van der Waals surface area contributed by atoms with Gasteiger partial charge in [0.2, 0.25) is 0 Å². The number of hydrogen-bond acceptors (Lipinski definition) is 5. The molecule has 25 heavy (non-hydrogen) atoms. The summed E-state index contributed by atoms with van der Waals surface area (Å²) in [6.45, 7) is -0.977. The molecule has 0 radical (unpaired) electrons. The van der Waals surface area contributed by atoms with Crippen molar-refractivity contribution in [1.29, 1.82) is 0 Å². The number of benzene rings is 1. The molecule has 1 rings (SSSR count). The summed E-state index contributed by atoms with van der Waals surface area (Å²) in [5.41, 5.74) is 0.871. The van der Waals surface area contributed by atoms with E-state index in [9.17, 15) is 22.8 Å². The Morgan fingerprint density at radius 3 is 2.52 bits per heavy atom. The van der Waals surface area contributed by atoms with Gasteiger partial charge in [0.25, 0.3) is 5.91 Å². The highest BCUT2D eigenvalue weighted by molar-refractivity contribution is 5.80. The smallest absolute Gasteiger partial charge is 0.405 e. The first kappa shape index (κ1) is 20.3. The SMILES string of the molecule is C/C=C/c1ccc(OCC(=O)OCC(=O)NCC(F)(F)F)c(OC)c1. The molecule has 0 aliphatic heterocycles. The molecule has 1 N–H and O–H groups in total. The van der Waals surface area contributed by atoms with Crippen LogP contribution in [0.2, 0.25) is 0 Å². The predicted octanol–water partition coefficient (Wildman–Crippen LogP) is 2.33. The van der Waals surface area contributed by atoms with Crippen molar-refractivity contribution in [3.8, 4) is 11.5 Å². The lowest BCUT2D eigenvalue weighted by Crippen LogP contribution is -2.36. The molecule has 1 aromatic carbocycles. The van der Waals surface area contributed by atoms with Crippen LogP contribution in [-0.2, 0) is 14.3 Å². The quantitative estimate of drug-likeness (QED) is 0.720.